The number of hydrogen-bond acceptors (Lipinski definition) is 2. The number of carbonyl (C=O) groups is 1. The van der Waals surface area contributed by atoms with Gasteiger partial charge in [0.05, 0.1) is 0 Å². The molecule has 1 aliphatic rings. The summed E-state index contributed by atoms with van der Waals surface area (Å²) in [6, 6.07) is 8.25. The average Bonchev–Trinajstić information content (AvgIpc) is 2.49. The first kappa shape index (κ1) is 16.5. The fourth-order valence-electron chi connectivity index (χ4n) is 3.57. The van der Waals surface area contributed by atoms with Gasteiger partial charge in [-0.25, -0.2) is 0 Å². The molecule has 0 heterocycles. The van der Waals surface area contributed by atoms with Crippen LogP contribution < -0.4 is 0 Å². The van der Waals surface area contributed by atoms with Crippen molar-refractivity contribution in [2.45, 2.75) is 57.9 Å². The average molecular weight is 308 g/mol. The number of Topliss-reactive ketones (excluding diaryl/α,β-unsaturated/α-hetero) is 1. The van der Waals surface area contributed by atoms with E-state index in [2.05, 4.69) is 30.9 Å². The van der Waals surface area contributed by atoms with Crippen LogP contribution in [0.2, 0.25) is 5.02 Å². The normalized spacial score (nSPS) is 18.2. The highest BCUT2D eigenvalue weighted by Crippen LogP contribution is 2.42. The second-order valence-corrected chi connectivity index (χ2v) is 6.50. The Kier molecular flexibility index (Phi) is 5.83. The standard InChI is InChI=1S/C18H26ClNO/c1-3-13-20(14-4-2)18(11-9-17(21)10-12-18)15-5-7-16(19)8-6-15/h5-8H,3-4,9-14H2,1-2H3. The van der Waals surface area contributed by atoms with E-state index in [1.165, 1.54) is 5.56 Å². The highest BCUT2D eigenvalue weighted by atomic mass is 35.5. The zero-order chi connectivity index (χ0) is 15.3. The van der Waals surface area contributed by atoms with Gasteiger partial charge in [-0.05, 0) is 56.5 Å². The quantitative estimate of drug-likeness (QED) is 0.752. The van der Waals surface area contributed by atoms with Crippen LogP contribution in [-0.4, -0.2) is 23.8 Å². The van der Waals surface area contributed by atoms with Crippen molar-refractivity contribution in [1.29, 1.82) is 0 Å². The molecule has 0 unspecified atom stereocenters. The Balaban J connectivity index is 2.37. The van der Waals surface area contributed by atoms with Gasteiger partial charge in [0, 0.05) is 23.4 Å². The van der Waals surface area contributed by atoms with E-state index in [0.717, 1.165) is 43.8 Å². The minimum absolute atomic E-state index is 0.0184. The van der Waals surface area contributed by atoms with Gasteiger partial charge in [-0.3, -0.25) is 9.69 Å². The van der Waals surface area contributed by atoms with E-state index >= 15 is 0 Å². The van der Waals surface area contributed by atoms with Crippen molar-refractivity contribution in [1.82, 2.24) is 4.90 Å². The van der Waals surface area contributed by atoms with Crippen LogP contribution in [-0.2, 0) is 10.3 Å². The lowest BCUT2D eigenvalue weighted by Gasteiger charge is -2.47. The van der Waals surface area contributed by atoms with Gasteiger partial charge in [0.2, 0.25) is 0 Å². The van der Waals surface area contributed by atoms with Crippen LogP contribution in [0.15, 0.2) is 24.3 Å². The zero-order valence-electron chi connectivity index (χ0n) is 13.2. The van der Waals surface area contributed by atoms with Crippen LogP contribution in [0.3, 0.4) is 0 Å². The maximum atomic E-state index is 11.7. The lowest BCUT2D eigenvalue weighted by molar-refractivity contribution is -0.123. The molecule has 0 radical (unpaired) electrons. The third-order valence-electron chi connectivity index (χ3n) is 4.61. The summed E-state index contributed by atoms with van der Waals surface area (Å²) in [5.41, 5.74) is 1.34. The summed E-state index contributed by atoms with van der Waals surface area (Å²) in [5.74, 6) is 0.410. The SMILES string of the molecule is CCCN(CCC)C1(c2ccc(Cl)cc2)CCC(=O)CC1. The molecule has 1 fully saturated rings. The molecule has 0 amide bonds. The number of carbonyl (C=O) groups excluding carboxylic acids is 1. The van der Waals surface area contributed by atoms with Gasteiger partial charge in [0.25, 0.3) is 0 Å². The van der Waals surface area contributed by atoms with E-state index in [1.54, 1.807) is 0 Å². The Labute approximate surface area is 133 Å². The molecule has 1 saturated carbocycles. The van der Waals surface area contributed by atoms with Crippen molar-refractivity contribution in [2.75, 3.05) is 13.1 Å². The molecule has 3 heteroatoms. The number of benzene rings is 1. The van der Waals surface area contributed by atoms with Gasteiger partial charge >= 0.3 is 0 Å². The van der Waals surface area contributed by atoms with Gasteiger partial charge in [-0.15, -0.1) is 0 Å². The minimum atomic E-state index is 0.0184. The van der Waals surface area contributed by atoms with Crippen LogP contribution in [0, 0.1) is 0 Å². The Morgan fingerprint density at radius 1 is 1.05 bits per heavy atom. The number of nitrogens with zero attached hydrogens (tertiary/aromatic N) is 1. The van der Waals surface area contributed by atoms with Gasteiger partial charge in [0.15, 0.2) is 0 Å². The summed E-state index contributed by atoms with van der Waals surface area (Å²) in [6.45, 7) is 6.63. The molecule has 1 aromatic carbocycles. The molecular weight excluding hydrogens is 282 g/mol. The Hall–Kier alpha value is -0.860. The molecule has 0 aromatic heterocycles. The molecule has 0 bridgehead atoms. The Morgan fingerprint density at radius 3 is 2.05 bits per heavy atom. The highest BCUT2D eigenvalue weighted by Gasteiger charge is 2.40. The van der Waals surface area contributed by atoms with E-state index < -0.39 is 0 Å². The first-order valence-electron chi connectivity index (χ1n) is 8.15. The first-order chi connectivity index (χ1) is 10.1. The van der Waals surface area contributed by atoms with Crippen LogP contribution in [0.4, 0.5) is 0 Å². The van der Waals surface area contributed by atoms with E-state index in [0.29, 0.717) is 18.6 Å². The summed E-state index contributed by atoms with van der Waals surface area (Å²) in [4.78, 5) is 14.3. The molecule has 0 N–H and O–H groups in total. The molecular formula is C18H26ClNO. The molecule has 21 heavy (non-hydrogen) atoms. The molecule has 1 aliphatic carbocycles. The van der Waals surface area contributed by atoms with Crippen LogP contribution >= 0.6 is 11.6 Å². The largest absolute Gasteiger partial charge is 0.300 e. The van der Waals surface area contributed by atoms with Gasteiger partial charge < -0.3 is 0 Å². The number of ketones is 1. The lowest BCUT2D eigenvalue weighted by atomic mass is 9.74. The topological polar surface area (TPSA) is 20.3 Å². The predicted octanol–water partition coefficient (Wildman–Crippen LogP) is 4.80. The summed E-state index contributed by atoms with van der Waals surface area (Å²) in [7, 11) is 0. The summed E-state index contributed by atoms with van der Waals surface area (Å²) in [6.07, 6.45) is 5.56. The lowest BCUT2D eigenvalue weighted by Crippen LogP contribution is -2.49. The molecule has 116 valence electrons. The van der Waals surface area contributed by atoms with E-state index in [9.17, 15) is 4.79 Å². The van der Waals surface area contributed by atoms with E-state index in [4.69, 9.17) is 11.6 Å². The highest BCUT2D eigenvalue weighted by molar-refractivity contribution is 6.30. The molecule has 0 aliphatic heterocycles. The Bertz CT molecular complexity index is 453. The van der Waals surface area contributed by atoms with E-state index in [1.807, 2.05) is 12.1 Å². The molecule has 0 spiro atoms. The molecule has 0 atom stereocenters. The van der Waals surface area contributed by atoms with E-state index in [-0.39, 0.29) is 5.54 Å². The summed E-state index contributed by atoms with van der Waals surface area (Å²) in [5, 5.41) is 0.776. The zero-order valence-corrected chi connectivity index (χ0v) is 14.0. The van der Waals surface area contributed by atoms with Crippen LogP contribution in [0.25, 0.3) is 0 Å². The summed E-state index contributed by atoms with van der Waals surface area (Å²) >= 11 is 6.05. The maximum absolute atomic E-state index is 11.7. The van der Waals surface area contributed by atoms with Gasteiger partial charge in [-0.1, -0.05) is 37.6 Å². The Morgan fingerprint density at radius 2 is 1.57 bits per heavy atom. The van der Waals surface area contributed by atoms with Crippen LogP contribution in [0.5, 0.6) is 0 Å². The summed E-state index contributed by atoms with van der Waals surface area (Å²) < 4.78 is 0. The smallest absolute Gasteiger partial charge is 0.133 e. The second kappa shape index (κ2) is 7.42. The molecule has 2 nitrogen and oxygen atoms in total. The van der Waals surface area contributed by atoms with Crippen molar-refractivity contribution in [3.63, 3.8) is 0 Å². The van der Waals surface area contributed by atoms with Gasteiger partial charge in [0.1, 0.15) is 5.78 Å². The number of rotatable bonds is 6. The van der Waals surface area contributed by atoms with Crippen molar-refractivity contribution in [3.8, 4) is 0 Å². The third kappa shape index (κ3) is 3.67. The molecule has 2 rings (SSSR count). The fourth-order valence-corrected chi connectivity index (χ4v) is 3.70. The van der Waals surface area contributed by atoms with Crippen molar-refractivity contribution < 1.29 is 4.79 Å². The molecule has 1 aromatic rings. The van der Waals surface area contributed by atoms with Crippen LogP contribution in [0.1, 0.15) is 57.9 Å². The van der Waals surface area contributed by atoms with Crippen molar-refractivity contribution in [2.24, 2.45) is 0 Å². The molecule has 0 saturated heterocycles. The second-order valence-electron chi connectivity index (χ2n) is 6.06. The monoisotopic (exact) mass is 307 g/mol. The third-order valence-corrected chi connectivity index (χ3v) is 4.86. The first-order valence-corrected chi connectivity index (χ1v) is 8.53. The fraction of sp³-hybridized carbons (Fsp3) is 0.611. The van der Waals surface area contributed by atoms with Crippen molar-refractivity contribution >= 4 is 17.4 Å². The number of halogens is 1. The maximum Gasteiger partial charge on any atom is 0.133 e. The minimum Gasteiger partial charge on any atom is -0.300 e. The number of hydrogen-bond donors (Lipinski definition) is 0. The predicted molar refractivity (Wildman–Crippen MR) is 88.8 cm³/mol. The van der Waals surface area contributed by atoms with Crippen molar-refractivity contribution in [3.05, 3.63) is 34.9 Å². The van der Waals surface area contributed by atoms with Gasteiger partial charge in [-0.2, -0.15) is 0 Å².